The number of nitrogens with zero attached hydrogens (tertiary/aromatic N) is 2. The van der Waals surface area contributed by atoms with E-state index in [0.717, 1.165) is 11.3 Å². The number of para-hydroxylation sites is 1. The quantitative estimate of drug-likeness (QED) is 0.408. The van der Waals surface area contributed by atoms with Crippen LogP contribution in [0.1, 0.15) is 36.7 Å². The van der Waals surface area contributed by atoms with Crippen molar-refractivity contribution < 1.29 is 14.6 Å². The average molecular weight is 402 g/mol. The van der Waals surface area contributed by atoms with Gasteiger partial charge in [0.2, 0.25) is 11.8 Å². The lowest BCUT2D eigenvalue weighted by Gasteiger charge is -2.22. The third-order valence-electron chi connectivity index (χ3n) is 4.65. The van der Waals surface area contributed by atoms with Gasteiger partial charge in [-0.1, -0.05) is 39.0 Å². The summed E-state index contributed by atoms with van der Waals surface area (Å²) >= 11 is 0. The molecule has 0 unspecified atom stereocenters. The lowest BCUT2D eigenvalue weighted by Crippen LogP contribution is -2.12. The van der Waals surface area contributed by atoms with Crippen molar-refractivity contribution >= 4 is 28.6 Å². The summed E-state index contributed by atoms with van der Waals surface area (Å²) in [6.45, 7) is 6.39. The molecule has 2 aromatic heterocycles. The Morgan fingerprint density at radius 3 is 2.67 bits per heavy atom. The minimum Gasteiger partial charge on any atom is -0.478 e. The first kappa shape index (κ1) is 19.4. The summed E-state index contributed by atoms with van der Waals surface area (Å²) in [7, 11) is 0. The standard InChI is InChI=1S/C23H22N4O3/c1-23(2,3)15-7-4-5-9-19(15)30-20-17(8-6-12-24-20)26-22-25-16-11-10-14(21(28)29)13-18(16)27-22/h4-13H,1-3H3,(H,28,29)(H2,25,26,27). The molecule has 0 radical (unpaired) electrons. The van der Waals surface area contributed by atoms with Crippen LogP contribution in [0.25, 0.3) is 11.0 Å². The Balaban J connectivity index is 1.65. The van der Waals surface area contributed by atoms with Gasteiger partial charge < -0.3 is 20.1 Å². The first-order chi connectivity index (χ1) is 14.3. The van der Waals surface area contributed by atoms with Gasteiger partial charge >= 0.3 is 5.97 Å². The Labute approximate surface area is 173 Å². The van der Waals surface area contributed by atoms with E-state index < -0.39 is 5.97 Å². The zero-order valence-electron chi connectivity index (χ0n) is 16.9. The number of hydrogen-bond acceptors (Lipinski definition) is 5. The lowest BCUT2D eigenvalue weighted by atomic mass is 9.86. The van der Waals surface area contributed by atoms with Crippen molar-refractivity contribution in [3.05, 3.63) is 71.9 Å². The minimum atomic E-state index is -0.985. The number of anilines is 2. The van der Waals surface area contributed by atoms with E-state index in [9.17, 15) is 4.79 Å². The molecule has 7 heteroatoms. The Morgan fingerprint density at radius 1 is 1.10 bits per heavy atom. The van der Waals surface area contributed by atoms with Gasteiger partial charge in [0.05, 0.1) is 16.6 Å². The molecule has 4 rings (SSSR count). The van der Waals surface area contributed by atoms with Crippen molar-refractivity contribution in [2.45, 2.75) is 26.2 Å². The number of ether oxygens (including phenoxy) is 1. The molecule has 0 fully saturated rings. The lowest BCUT2D eigenvalue weighted by molar-refractivity contribution is 0.0697. The van der Waals surface area contributed by atoms with Gasteiger partial charge in [-0.15, -0.1) is 0 Å². The molecule has 152 valence electrons. The van der Waals surface area contributed by atoms with E-state index in [1.165, 1.54) is 6.07 Å². The monoisotopic (exact) mass is 402 g/mol. The number of aromatic amines is 1. The number of hydrogen-bond donors (Lipinski definition) is 3. The SMILES string of the molecule is CC(C)(C)c1ccccc1Oc1ncccc1Nc1nc2ccc(C(=O)O)cc2[nH]1. The molecule has 0 aliphatic rings. The Bertz CT molecular complexity index is 1220. The van der Waals surface area contributed by atoms with Crippen LogP contribution >= 0.6 is 0 Å². The van der Waals surface area contributed by atoms with Crippen LogP contribution in [0, 0.1) is 0 Å². The van der Waals surface area contributed by atoms with E-state index in [0.29, 0.717) is 28.5 Å². The summed E-state index contributed by atoms with van der Waals surface area (Å²) in [6.07, 6.45) is 1.66. The van der Waals surface area contributed by atoms with Gasteiger partial charge in [-0.3, -0.25) is 0 Å². The van der Waals surface area contributed by atoms with Crippen LogP contribution in [0.4, 0.5) is 11.6 Å². The van der Waals surface area contributed by atoms with Crippen molar-refractivity contribution in [3.8, 4) is 11.6 Å². The molecule has 0 amide bonds. The first-order valence-electron chi connectivity index (χ1n) is 9.54. The third kappa shape index (κ3) is 3.96. The van der Waals surface area contributed by atoms with Crippen LogP contribution in [-0.4, -0.2) is 26.0 Å². The van der Waals surface area contributed by atoms with Crippen LogP contribution in [-0.2, 0) is 5.41 Å². The van der Waals surface area contributed by atoms with Gasteiger partial charge in [-0.05, 0) is 41.8 Å². The number of carbonyl (C=O) groups is 1. The number of carboxylic acids is 1. The molecule has 0 bridgehead atoms. The van der Waals surface area contributed by atoms with E-state index >= 15 is 0 Å². The van der Waals surface area contributed by atoms with Crippen LogP contribution in [0.15, 0.2) is 60.8 Å². The van der Waals surface area contributed by atoms with Crippen molar-refractivity contribution in [3.63, 3.8) is 0 Å². The van der Waals surface area contributed by atoms with Crippen LogP contribution in [0.2, 0.25) is 0 Å². The molecule has 0 spiro atoms. The maximum atomic E-state index is 11.2. The summed E-state index contributed by atoms with van der Waals surface area (Å²) in [5.41, 5.74) is 3.11. The molecule has 2 heterocycles. The predicted octanol–water partition coefficient (Wildman–Crippen LogP) is 5.49. The smallest absolute Gasteiger partial charge is 0.335 e. The fourth-order valence-electron chi connectivity index (χ4n) is 3.18. The van der Waals surface area contributed by atoms with E-state index in [-0.39, 0.29) is 11.0 Å². The molecule has 0 saturated carbocycles. The second kappa shape index (κ2) is 7.51. The van der Waals surface area contributed by atoms with E-state index in [2.05, 4.69) is 41.0 Å². The molecular weight excluding hydrogens is 380 g/mol. The number of aromatic nitrogens is 3. The molecule has 0 saturated heterocycles. The van der Waals surface area contributed by atoms with Gasteiger partial charge in [0, 0.05) is 11.8 Å². The zero-order chi connectivity index (χ0) is 21.3. The highest BCUT2D eigenvalue weighted by Crippen LogP contribution is 2.36. The number of nitrogens with one attached hydrogen (secondary N) is 2. The number of pyridine rings is 1. The summed E-state index contributed by atoms with van der Waals surface area (Å²) in [6, 6.07) is 16.3. The normalized spacial score (nSPS) is 11.4. The maximum Gasteiger partial charge on any atom is 0.335 e. The third-order valence-corrected chi connectivity index (χ3v) is 4.65. The Morgan fingerprint density at radius 2 is 1.90 bits per heavy atom. The summed E-state index contributed by atoms with van der Waals surface area (Å²) in [4.78, 5) is 23.1. The second-order valence-electron chi connectivity index (χ2n) is 7.95. The topological polar surface area (TPSA) is 100 Å². The summed E-state index contributed by atoms with van der Waals surface area (Å²) < 4.78 is 6.17. The first-order valence-corrected chi connectivity index (χ1v) is 9.54. The molecule has 7 nitrogen and oxygen atoms in total. The predicted molar refractivity (Wildman–Crippen MR) is 116 cm³/mol. The largest absolute Gasteiger partial charge is 0.478 e. The minimum absolute atomic E-state index is 0.0838. The molecular formula is C23H22N4O3. The highest BCUT2D eigenvalue weighted by atomic mass is 16.5. The van der Waals surface area contributed by atoms with Gasteiger partial charge in [-0.25, -0.2) is 14.8 Å². The van der Waals surface area contributed by atoms with Gasteiger partial charge in [-0.2, -0.15) is 0 Å². The summed E-state index contributed by atoms with van der Waals surface area (Å²) in [5, 5.41) is 12.4. The number of H-pyrrole nitrogens is 1. The van der Waals surface area contributed by atoms with Crippen molar-refractivity contribution in [2.75, 3.05) is 5.32 Å². The fraction of sp³-hybridized carbons (Fsp3) is 0.174. The zero-order valence-corrected chi connectivity index (χ0v) is 16.9. The molecule has 4 aromatic rings. The van der Waals surface area contributed by atoms with Gasteiger partial charge in [0.25, 0.3) is 0 Å². The Hall–Kier alpha value is -3.87. The number of benzene rings is 2. The molecule has 30 heavy (non-hydrogen) atoms. The molecule has 2 aromatic carbocycles. The summed E-state index contributed by atoms with van der Waals surface area (Å²) in [5.74, 6) is 0.638. The number of fused-ring (bicyclic) bond motifs is 1. The van der Waals surface area contributed by atoms with Gasteiger partial charge in [0.15, 0.2) is 0 Å². The number of aromatic carboxylic acids is 1. The van der Waals surface area contributed by atoms with Crippen molar-refractivity contribution in [1.29, 1.82) is 0 Å². The highest BCUT2D eigenvalue weighted by Gasteiger charge is 2.20. The molecule has 0 atom stereocenters. The van der Waals surface area contributed by atoms with Crippen LogP contribution in [0.3, 0.4) is 0 Å². The molecule has 0 aliphatic heterocycles. The van der Waals surface area contributed by atoms with Crippen molar-refractivity contribution in [2.24, 2.45) is 0 Å². The molecule has 0 aliphatic carbocycles. The average Bonchev–Trinajstić information content (AvgIpc) is 3.10. The van der Waals surface area contributed by atoms with E-state index in [1.807, 2.05) is 30.3 Å². The molecule has 3 N–H and O–H groups in total. The number of carboxylic acid groups (broad SMARTS) is 1. The second-order valence-corrected chi connectivity index (χ2v) is 7.95. The maximum absolute atomic E-state index is 11.2. The van der Waals surface area contributed by atoms with Crippen LogP contribution < -0.4 is 10.1 Å². The van der Waals surface area contributed by atoms with E-state index in [4.69, 9.17) is 9.84 Å². The van der Waals surface area contributed by atoms with Crippen LogP contribution in [0.5, 0.6) is 11.6 Å². The van der Waals surface area contributed by atoms with E-state index in [1.54, 1.807) is 24.4 Å². The fourth-order valence-corrected chi connectivity index (χ4v) is 3.18. The van der Waals surface area contributed by atoms with Gasteiger partial charge in [0.1, 0.15) is 11.4 Å². The number of imidazole rings is 1. The van der Waals surface area contributed by atoms with Crippen molar-refractivity contribution in [1.82, 2.24) is 15.0 Å². The highest BCUT2D eigenvalue weighted by molar-refractivity contribution is 5.92. The Kier molecular flexibility index (Phi) is 4.87. The number of rotatable bonds is 5.